The van der Waals surface area contributed by atoms with Crippen LogP contribution >= 0.6 is 0 Å². The van der Waals surface area contributed by atoms with Gasteiger partial charge in [0.15, 0.2) is 0 Å². The molecule has 0 aliphatic carbocycles. The average Bonchev–Trinajstić information content (AvgIpc) is 2.74. The van der Waals surface area contributed by atoms with Crippen LogP contribution in [-0.4, -0.2) is 16.8 Å². The minimum absolute atomic E-state index is 0.108. The summed E-state index contributed by atoms with van der Waals surface area (Å²) in [5.74, 6) is -0.859. The lowest BCUT2D eigenvalue weighted by Crippen LogP contribution is -2.18. The molecule has 0 aliphatic rings. The fraction of sp³-hybridized carbons (Fsp3) is 0.0909. The van der Waals surface area contributed by atoms with Crippen molar-refractivity contribution in [1.82, 2.24) is 4.98 Å². The summed E-state index contributed by atoms with van der Waals surface area (Å²) in [5, 5.41) is 14.4. The SMILES string of the molecule is CCc1ccc(NC(=O)c2cccc(C(=O)Nc3cccc(C#N)c3)n2)cc1. The minimum atomic E-state index is -0.461. The second kappa shape index (κ2) is 8.60. The van der Waals surface area contributed by atoms with Crippen molar-refractivity contribution >= 4 is 23.2 Å². The van der Waals surface area contributed by atoms with E-state index in [1.54, 1.807) is 36.4 Å². The van der Waals surface area contributed by atoms with Crippen molar-refractivity contribution in [2.24, 2.45) is 0 Å². The molecule has 0 bridgehead atoms. The fourth-order valence-electron chi connectivity index (χ4n) is 2.57. The minimum Gasteiger partial charge on any atom is -0.321 e. The first-order chi connectivity index (χ1) is 13.6. The number of hydrogen-bond donors (Lipinski definition) is 2. The number of carbonyl (C=O) groups excluding carboxylic acids is 2. The molecule has 0 spiro atoms. The zero-order valence-electron chi connectivity index (χ0n) is 15.3. The normalized spacial score (nSPS) is 10.0. The number of hydrogen-bond acceptors (Lipinski definition) is 4. The van der Waals surface area contributed by atoms with E-state index >= 15 is 0 Å². The molecule has 3 aromatic rings. The molecule has 1 heterocycles. The second-order valence-corrected chi connectivity index (χ2v) is 6.06. The van der Waals surface area contributed by atoms with Crippen LogP contribution in [0.25, 0.3) is 0 Å². The van der Waals surface area contributed by atoms with E-state index in [4.69, 9.17) is 5.26 Å². The summed E-state index contributed by atoms with van der Waals surface area (Å²) < 4.78 is 0. The first kappa shape index (κ1) is 18.8. The average molecular weight is 370 g/mol. The van der Waals surface area contributed by atoms with Crippen LogP contribution in [0.4, 0.5) is 11.4 Å². The van der Waals surface area contributed by atoms with Gasteiger partial charge in [-0.2, -0.15) is 5.26 Å². The highest BCUT2D eigenvalue weighted by atomic mass is 16.2. The number of aromatic nitrogens is 1. The van der Waals surface area contributed by atoms with Crippen LogP contribution in [-0.2, 0) is 6.42 Å². The number of nitrogens with zero attached hydrogens (tertiary/aromatic N) is 2. The molecule has 6 nitrogen and oxygen atoms in total. The van der Waals surface area contributed by atoms with Gasteiger partial charge < -0.3 is 10.6 Å². The molecule has 0 fully saturated rings. The van der Waals surface area contributed by atoms with Crippen molar-refractivity contribution in [2.45, 2.75) is 13.3 Å². The van der Waals surface area contributed by atoms with Gasteiger partial charge in [0.05, 0.1) is 11.6 Å². The molecule has 0 radical (unpaired) electrons. The third kappa shape index (κ3) is 4.59. The zero-order valence-corrected chi connectivity index (χ0v) is 15.3. The van der Waals surface area contributed by atoms with Gasteiger partial charge in [-0.05, 0) is 54.4 Å². The number of benzene rings is 2. The van der Waals surface area contributed by atoms with Crippen molar-refractivity contribution in [3.63, 3.8) is 0 Å². The molecule has 0 unspecified atom stereocenters. The third-order valence-corrected chi connectivity index (χ3v) is 4.08. The van der Waals surface area contributed by atoms with Crippen molar-refractivity contribution in [3.8, 4) is 6.07 Å². The molecular weight excluding hydrogens is 352 g/mol. The van der Waals surface area contributed by atoms with Crippen molar-refractivity contribution < 1.29 is 9.59 Å². The first-order valence-electron chi connectivity index (χ1n) is 8.78. The Labute approximate surface area is 162 Å². The Kier molecular flexibility index (Phi) is 5.78. The lowest BCUT2D eigenvalue weighted by molar-refractivity contribution is 0.101. The standard InChI is InChI=1S/C22H18N4O2/c1-2-15-9-11-17(12-10-15)24-21(27)19-7-4-8-20(26-19)22(28)25-18-6-3-5-16(13-18)14-23/h3-13H,2H2,1H3,(H,24,27)(H,25,28). The monoisotopic (exact) mass is 370 g/mol. The topological polar surface area (TPSA) is 94.9 Å². The van der Waals surface area contributed by atoms with Gasteiger partial charge in [-0.15, -0.1) is 0 Å². The molecule has 0 aliphatic heterocycles. The molecule has 2 N–H and O–H groups in total. The van der Waals surface area contributed by atoms with Gasteiger partial charge in [0.25, 0.3) is 11.8 Å². The third-order valence-electron chi connectivity index (χ3n) is 4.08. The highest BCUT2D eigenvalue weighted by molar-refractivity contribution is 6.06. The number of pyridine rings is 1. The smallest absolute Gasteiger partial charge is 0.274 e. The van der Waals surface area contributed by atoms with E-state index in [0.29, 0.717) is 16.9 Å². The lowest BCUT2D eigenvalue weighted by atomic mass is 10.1. The molecule has 3 rings (SSSR count). The van der Waals surface area contributed by atoms with Gasteiger partial charge >= 0.3 is 0 Å². The summed E-state index contributed by atoms with van der Waals surface area (Å²) in [6.45, 7) is 2.06. The molecule has 2 aromatic carbocycles. The second-order valence-electron chi connectivity index (χ2n) is 6.06. The van der Waals surface area contributed by atoms with Gasteiger partial charge in [-0.25, -0.2) is 4.98 Å². The van der Waals surface area contributed by atoms with Crippen LogP contribution in [0, 0.1) is 11.3 Å². The Morgan fingerprint density at radius 1 is 0.893 bits per heavy atom. The van der Waals surface area contributed by atoms with Gasteiger partial charge in [0.1, 0.15) is 11.4 Å². The lowest BCUT2D eigenvalue weighted by Gasteiger charge is -2.08. The molecule has 2 amide bonds. The summed E-state index contributed by atoms with van der Waals surface area (Å²) >= 11 is 0. The Hall–Kier alpha value is -3.98. The maximum atomic E-state index is 12.4. The predicted octanol–water partition coefficient (Wildman–Crippen LogP) is 4.02. The summed E-state index contributed by atoms with van der Waals surface area (Å²) in [5.41, 5.74) is 3.00. The van der Waals surface area contributed by atoms with Crippen molar-refractivity contribution in [1.29, 1.82) is 5.26 Å². The highest BCUT2D eigenvalue weighted by Gasteiger charge is 2.13. The largest absolute Gasteiger partial charge is 0.321 e. The van der Waals surface area contributed by atoms with Crippen LogP contribution < -0.4 is 10.6 Å². The van der Waals surface area contributed by atoms with Crippen LogP contribution in [0.3, 0.4) is 0 Å². The summed E-state index contributed by atoms with van der Waals surface area (Å²) in [6.07, 6.45) is 0.921. The summed E-state index contributed by atoms with van der Waals surface area (Å²) in [7, 11) is 0. The van der Waals surface area contributed by atoms with E-state index < -0.39 is 11.8 Å². The Bertz CT molecular complexity index is 1050. The molecule has 0 saturated carbocycles. The van der Waals surface area contributed by atoms with Gasteiger partial charge in [-0.1, -0.05) is 31.2 Å². The first-order valence-corrected chi connectivity index (χ1v) is 8.78. The number of nitriles is 1. The fourth-order valence-corrected chi connectivity index (χ4v) is 2.57. The number of carbonyl (C=O) groups is 2. The number of rotatable bonds is 5. The summed E-state index contributed by atoms with van der Waals surface area (Å²) in [6, 6.07) is 20.8. The quantitative estimate of drug-likeness (QED) is 0.709. The van der Waals surface area contributed by atoms with E-state index in [2.05, 4.69) is 22.5 Å². The Morgan fingerprint density at radius 3 is 2.11 bits per heavy atom. The van der Waals surface area contributed by atoms with Crippen LogP contribution in [0.2, 0.25) is 0 Å². The van der Waals surface area contributed by atoms with E-state index in [9.17, 15) is 9.59 Å². The van der Waals surface area contributed by atoms with E-state index in [-0.39, 0.29) is 11.4 Å². The van der Waals surface area contributed by atoms with Crippen molar-refractivity contribution in [2.75, 3.05) is 10.6 Å². The molecule has 28 heavy (non-hydrogen) atoms. The van der Waals surface area contributed by atoms with Crippen molar-refractivity contribution in [3.05, 3.63) is 89.2 Å². The van der Waals surface area contributed by atoms with Gasteiger partial charge in [-0.3, -0.25) is 9.59 Å². The maximum absolute atomic E-state index is 12.4. The van der Waals surface area contributed by atoms with E-state index in [0.717, 1.165) is 6.42 Å². The predicted molar refractivity (Wildman–Crippen MR) is 107 cm³/mol. The number of nitrogens with one attached hydrogen (secondary N) is 2. The highest BCUT2D eigenvalue weighted by Crippen LogP contribution is 2.13. The Morgan fingerprint density at radius 2 is 1.50 bits per heavy atom. The number of amides is 2. The molecule has 6 heteroatoms. The Balaban J connectivity index is 1.72. The molecular formula is C22H18N4O2. The zero-order chi connectivity index (χ0) is 19.9. The summed E-state index contributed by atoms with van der Waals surface area (Å²) in [4.78, 5) is 29.0. The maximum Gasteiger partial charge on any atom is 0.274 e. The van der Waals surface area contributed by atoms with Crippen LogP contribution in [0.1, 0.15) is 39.0 Å². The van der Waals surface area contributed by atoms with Gasteiger partial charge in [0.2, 0.25) is 0 Å². The van der Waals surface area contributed by atoms with Crippen LogP contribution in [0.5, 0.6) is 0 Å². The molecule has 1 aromatic heterocycles. The van der Waals surface area contributed by atoms with E-state index in [1.165, 1.54) is 11.6 Å². The van der Waals surface area contributed by atoms with Gasteiger partial charge in [0, 0.05) is 11.4 Å². The molecule has 0 saturated heterocycles. The van der Waals surface area contributed by atoms with E-state index in [1.807, 2.05) is 30.3 Å². The van der Waals surface area contributed by atoms with Crippen LogP contribution in [0.15, 0.2) is 66.7 Å². The number of aryl methyl sites for hydroxylation is 1. The molecule has 0 atom stereocenters. The molecule has 138 valence electrons. The number of anilines is 2.